The number of aliphatic hydroxyl groups is 1. The summed E-state index contributed by atoms with van der Waals surface area (Å²) in [5.74, 6) is 0.235. The molecule has 82 valence electrons. The summed E-state index contributed by atoms with van der Waals surface area (Å²) >= 11 is 0. The number of nitrogens with one attached hydrogen (secondary N) is 1. The second-order valence-electron chi connectivity index (χ2n) is 4.30. The Morgan fingerprint density at radius 3 is 2.53 bits per heavy atom. The van der Waals surface area contributed by atoms with Gasteiger partial charge in [-0.2, -0.15) is 0 Å². The normalized spacial score (nSPS) is 19.0. The van der Waals surface area contributed by atoms with Gasteiger partial charge in [-0.1, -0.05) is 25.0 Å². The number of phenolic OH excluding ortho intramolecular Hbond substituents is 1. The van der Waals surface area contributed by atoms with Gasteiger partial charge in [-0.15, -0.1) is 0 Å². The molecule has 0 aliphatic heterocycles. The van der Waals surface area contributed by atoms with Gasteiger partial charge in [0, 0.05) is 6.54 Å². The van der Waals surface area contributed by atoms with Crippen LogP contribution in [0.5, 0.6) is 5.75 Å². The molecule has 1 aromatic carbocycles. The van der Waals surface area contributed by atoms with Gasteiger partial charge in [-0.3, -0.25) is 0 Å². The topological polar surface area (TPSA) is 52.5 Å². The first-order valence-corrected chi connectivity index (χ1v) is 5.44. The lowest BCUT2D eigenvalue weighted by atomic mass is 10.0. The van der Waals surface area contributed by atoms with Crippen molar-refractivity contribution in [3.8, 4) is 5.75 Å². The Hall–Kier alpha value is -1.22. The van der Waals surface area contributed by atoms with Crippen molar-refractivity contribution >= 4 is 5.69 Å². The van der Waals surface area contributed by atoms with Crippen molar-refractivity contribution in [3.05, 3.63) is 24.3 Å². The minimum Gasteiger partial charge on any atom is -0.506 e. The molecule has 0 unspecified atom stereocenters. The summed E-state index contributed by atoms with van der Waals surface area (Å²) in [6, 6.07) is 7.10. The van der Waals surface area contributed by atoms with Gasteiger partial charge < -0.3 is 15.5 Å². The minimum absolute atomic E-state index is 0.235. The van der Waals surface area contributed by atoms with Crippen LogP contribution in [0.15, 0.2) is 24.3 Å². The average molecular weight is 207 g/mol. The number of hydrogen-bond donors (Lipinski definition) is 3. The van der Waals surface area contributed by atoms with Crippen LogP contribution in [0, 0.1) is 0 Å². The fourth-order valence-electron chi connectivity index (χ4n) is 2.09. The number of phenols is 1. The van der Waals surface area contributed by atoms with E-state index in [1.54, 1.807) is 12.1 Å². The molecule has 0 radical (unpaired) electrons. The molecule has 0 saturated heterocycles. The van der Waals surface area contributed by atoms with Gasteiger partial charge in [0.25, 0.3) is 0 Å². The summed E-state index contributed by atoms with van der Waals surface area (Å²) in [6.07, 6.45) is 3.90. The predicted molar refractivity (Wildman–Crippen MR) is 60.0 cm³/mol. The maximum absolute atomic E-state index is 10.1. The molecular weight excluding hydrogens is 190 g/mol. The number of para-hydroxylation sites is 2. The molecule has 1 aromatic rings. The van der Waals surface area contributed by atoms with Gasteiger partial charge >= 0.3 is 0 Å². The van der Waals surface area contributed by atoms with E-state index in [1.165, 1.54) is 0 Å². The van der Waals surface area contributed by atoms with Gasteiger partial charge in [-0.05, 0) is 25.0 Å². The third-order valence-corrected chi connectivity index (χ3v) is 3.05. The molecule has 3 heteroatoms. The van der Waals surface area contributed by atoms with E-state index in [0.29, 0.717) is 12.2 Å². The first-order chi connectivity index (χ1) is 7.20. The van der Waals surface area contributed by atoms with E-state index < -0.39 is 5.60 Å². The Morgan fingerprint density at radius 1 is 1.20 bits per heavy atom. The van der Waals surface area contributed by atoms with Crippen LogP contribution in [0.4, 0.5) is 5.69 Å². The van der Waals surface area contributed by atoms with Crippen molar-refractivity contribution in [2.24, 2.45) is 0 Å². The summed E-state index contributed by atoms with van der Waals surface area (Å²) in [5.41, 5.74) is 0.111. The van der Waals surface area contributed by atoms with Gasteiger partial charge in [-0.25, -0.2) is 0 Å². The average Bonchev–Trinajstić information content (AvgIpc) is 2.65. The lowest BCUT2D eigenvalue weighted by Crippen LogP contribution is -2.33. The van der Waals surface area contributed by atoms with E-state index in [0.717, 1.165) is 25.7 Å². The summed E-state index contributed by atoms with van der Waals surface area (Å²) in [6.45, 7) is 0.518. The summed E-state index contributed by atoms with van der Waals surface area (Å²) in [5, 5.41) is 22.7. The number of benzene rings is 1. The molecule has 1 aliphatic rings. The quantitative estimate of drug-likeness (QED) is 0.665. The standard InChI is InChI=1S/C12H17NO2/c14-11-6-2-1-5-10(11)13-9-12(15)7-3-4-8-12/h1-2,5-6,13-15H,3-4,7-9H2. The fraction of sp³-hybridized carbons (Fsp3) is 0.500. The number of aromatic hydroxyl groups is 1. The van der Waals surface area contributed by atoms with Gasteiger partial charge in [0.2, 0.25) is 0 Å². The van der Waals surface area contributed by atoms with Crippen molar-refractivity contribution in [3.63, 3.8) is 0 Å². The molecule has 2 rings (SSSR count). The maximum Gasteiger partial charge on any atom is 0.138 e. The molecule has 1 aliphatic carbocycles. The molecule has 0 atom stereocenters. The Balaban J connectivity index is 1.95. The zero-order valence-corrected chi connectivity index (χ0v) is 8.74. The van der Waals surface area contributed by atoms with Crippen molar-refractivity contribution in [2.45, 2.75) is 31.3 Å². The Kier molecular flexibility index (Phi) is 2.82. The van der Waals surface area contributed by atoms with Gasteiger partial charge in [0.05, 0.1) is 11.3 Å². The smallest absolute Gasteiger partial charge is 0.138 e. The maximum atomic E-state index is 10.1. The third-order valence-electron chi connectivity index (χ3n) is 3.05. The Bertz CT molecular complexity index is 332. The molecule has 0 heterocycles. The van der Waals surface area contributed by atoms with Crippen LogP contribution in [0.2, 0.25) is 0 Å². The lowest BCUT2D eigenvalue weighted by molar-refractivity contribution is 0.0614. The van der Waals surface area contributed by atoms with Crippen LogP contribution in [-0.4, -0.2) is 22.4 Å². The Morgan fingerprint density at radius 2 is 1.87 bits per heavy atom. The van der Waals surface area contributed by atoms with Crippen molar-refractivity contribution in [2.75, 3.05) is 11.9 Å². The van der Waals surface area contributed by atoms with Crippen LogP contribution in [0.1, 0.15) is 25.7 Å². The van der Waals surface area contributed by atoms with Crippen molar-refractivity contribution in [1.82, 2.24) is 0 Å². The molecule has 1 saturated carbocycles. The molecule has 0 spiro atoms. The highest BCUT2D eigenvalue weighted by Gasteiger charge is 2.30. The molecule has 0 aromatic heterocycles. The SMILES string of the molecule is Oc1ccccc1NCC1(O)CCCC1. The summed E-state index contributed by atoms with van der Waals surface area (Å²) in [4.78, 5) is 0. The predicted octanol–water partition coefficient (Wildman–Crippen LogP) is 2.11. The van der Waals surface area contributed by atoms with E-state index in [1.807, 2.05) is 12.1 Å². The highest BCUT2D eigenvalue weighted by atomic mass is 16.3. The number of rotatable bonds is 3. The molecule has 3 N–H and O–H groups in total. The highest BCUT2D eigenvalue weighted by molar-refractivity contribution is 5.55. The first-order valence-electron chi connectivity index (χ1n) is 5.44. The van der Waals surface area contributed by atoms with Crippen molar-refractivity contribution in [1.29, 1.82) is 0 Å². The molecule has 3 nitrogen and oxygen atoms in total. The van der Waals surface area contributed by atoms with Crippen LogP contribution in [0.3, 0.4) is 0 Å². The second-order valence-corrected chi connectivity index (χ2v) is 4.30. The van der Waals surface area contributed by atoms with Crippen LogP contribution < -0.4 is 5.32 Å². The lowest BCUT2D eigenvalue weighted by Gasteiger charge is -2.23. The van der Waals surface area contributed by atoms with E-state index in [4.69, 9.17) is 0 Å². The number of anilines is 1. The zero-order chi connectivity index (χ0) is 10.7. The number of hydrogen-bond acceptors (Lipinski definition) is 3. The van der Waals surface area contributed by atoms with Crippen LogP contribution >= 0.6 is 0 Å². The molecule has 1 fully saturated rings. The summed E-state index contributed by atoms with van der Waals surface area (Å²) < 4.78 is 0. The van der Waals surface area contributed by atoms with Gasteiger partial charge in [0.1, 0.15) is 5.75 Å². The minimum atomic E-state index is -0.581. The first kappa shape index (κ1) is 10.3. The van der Waals surface area contributed by atoms with E-state index in [9.17, 15) is 10.2 Å². The summed E-state index contributed by atoms with van der Waals surface area (Å²) in [7, 11) is 0. The van der Waals surface area contributed by atoms with Crippen molar-refractivity contribution < 1.29 is 10.2 Å². The van der Waals surface area contributed by atoms with E-state index in [2.05, 4.69) is 5.32 Å². The monoisotopic (exact) mass is 207 g/mol. The van der Waals surface area contributed by atoms with Crippen LogP contribution in [0.25, 0.3) is 0 Å². The third kappa shape index (κ3) is 2.42. The van der Waals surface area contributed by atoms with E-state index in [-0.39, 0.29) is 5.75 Å². The molecule has 0 bridgehead atoms. The highest BCUT2D eigenvalue weighted by Crippen LogP contribution is 2.30. The zero-order valence-electron chi connectivity index (χ0n) is 8.74. The van der Waals surface area contributed by atoms with E-state index >= 15 is 0 Å². The molecule has 15 heavy (non-hydrogen) atoms. The fourth-order valence-corrected chi connectivity index (χ4v) is 2.09. The van der Waals surface area contributed by atoms with Crippen LogP contribution in [-0.2, 0) is 0 Å². The Labute approximate surface area is 89.8 Å². The second kappa shape index (κ2) is 4.11. The van der Waals surface area contributed by atoms with Gasteiger partial charge in [0.15, 0.2) is 0 Å². The molecular formula is C12H17NO2. The largest absolute Gasteiger partial charge is 0.506 e. The molecule has 0 amide bonds.